The van der Waals surface area contributed by atoms with Crippen LogP contribution in [0.25, 0.3) is 23.3 Å². The standard InChI is InChI=1S/C27H22O5/c1-3-26(29)31-24-16-12-23(13-17-24)22-10-6-20(7-11-22)4-5-21-8-14-25(15-9-21)32-27(30)19(2)18-28/h3-17,28H,1-2,18H2/b5-4+. The van der Waals surface area contributed by atoms with Gasteiger partial charge in [0, 0.05) is 6.08 Å². The van der Waals surface area contributed by atoms with Crippen molar-refractivity contribution >= 4 is 24.1 Å². The molecule has 0 aliphatic rings. The maximum Gasteiger partial charge on any atom is 0.341 e. The van der Waals surface area contributed by atoms with Gasteiger partial charge < -0.3 is 14.6 Å². The highest BCUT2D eigenvalue weighted by Crippen LogP contribution is 2.24. The Balaban J connectivity index is 1.61. The number of rotatable bonds is 8. The molecule has 0 amide bonds. The SMILES string of the molecule is C=CC(=O)Oc1ccc(-c2ccc(/C=C/c3ccc(OC(=O)C(=C)CO)cc3)cc2)cc1. The molecule has 0 unspecified atom stereocenters. The topological polar surface area (TPSA) is 72.8 Å². The molecule has 32 heavy (non-hydrogen) atoms. The van der Waals surface area contributed by atoms with E-state index in [4.69, 9.17) is 14.6 Å². The maximum atomic E-state index is 11.6. The van der Waals surface area contributed by atoms with Crippen LogP contribution in [-0.4, -0.2) is 23.7 Å². The molecule has 0 atom stereocenters. The van der Waals surface area contributed by atoms with Crippen molar-refractivity contribution in [2.24, 2.45) is 0 Å². The molecule has 0 aliphatic heterocycles. The smallest absolute Gasteiger partial charge is 0.341 e. The van der Waals surface area contributed by atoms with Crippen LogP contribution in [0.4, 0.5) is 0 Å². The molecule has 0 spiro atoms. The summed E-state index contributed by atoms with van der Waals surface area (Å²) in [5.41, 5.74) is 4.02. The van der Waals surface area contributed by atoms with E-state index in [-0.39, 0.29) is 5.57 Å². The minimum atomic E-state index is -0.650. The van der Waals surface area contributed by atoms with E-state index in [0.717, 1.165) is 28.3 Å². The Hall–Kier alpha value is -4.22. The minimum Gasteiger partial charge on any atom is -0.423 e. The van der Waals surface area contributed by atoms with E-state index in [1.165, 1.54) is 0 Å². The Morgan fingerprint density at radius 1 is 0.750 bits per heavy atom. The van der Waals surface area contributed by atoms with E-state index in [1.54, 1.807) is 24.3 Å². The molecule has 160 valence electrons. The quantitative estimate of drug-likeness (QED) is 0.236. The van der Waals surface area contributed by atoms with Gasteiger partial charge in [-0.15, -0.1) is 0 Å². The van der Waals surface area contributed by atoms with Gasteiger partial charge in [0.05, 0.1) is 12.2 Å². The molecule has 3 aromatic carbocycles. The number of benzene rings is 3. The van der Waals surface area contributed by atoms with E-state index in [1.807, 2.05) is 60.7 Å². The Labute approximate surface area is 186 Å². The second-order valence-corrected chi connectivity index (χ2v) is 6.83. The number of aliphatic hydroxyl groups is 1. The van der Waals surface area contributed by atoms with E-state index in [9.17, 15) is 9.59 Å². The molecule has 0 aromatic heterocycles. The average Bonchev–Trinajstić information content (AvgIpc) is 2.83. The number of aliphatic hydroxyl groups excluding tert-OH is 1. The molecule has 0 bridgehead atoms. The van der Waals surface area contributed by atoms with E-state index >= 15 is 0 Å². The summed E-state index contributed by atoms with van der Waals surface area (Å²) >= 11 is 0. The van der Waals surface area contributed by atoms with Gasteiger partial charge in [0.25, 0.3) is 0 Å². The predicted molar refractivity (Wildman–Crippen MR) is 125 cm³/mol. The first-order chi connectivity index (χ1) is 15.5. The van der Waals surface area contributed by atoms with Crippen LogP contribution in [-0.2, 0) is 9.59 Å². The second-order valence-electron chi connectivity index (χ2n) is 6.83. The number of carbonyl (C=O) groups is 2. The summed E-state index contributed by atoms with van der Waals surface area (Å²) in [6, 6.07) is 22.3. The normalized spacial score (nSPS) is 10.5. The Kier molecular flexibility index (Phi) is 7.51. The summed E-state index contributed by atoms with van der Waals surface area (Å²) in [7, 11) is 0. The van der Waals surface area contributed by atoms with Gasteiger partial charge in [-0.1, -0.05) is 73.8 Å². The van der Waals surface area contributed by atoms with Crippen molar-refractivity contribution in [2.75, 3.05) is 6.61 Å². The van der Waals surface area contributed by atoms with Crippen molar-refractivity contribution in [3.8, 4) is 22.6 Å². The van der Waals surface area contributed by atoms with E-state index in [0.29, 0.717) is 11.5 Å². The van der Waals surface area contributed by atoms with Crippen LogP contribution in [0.2, 0.25) is 0 Å². The van der Waals surface area contributed by atoms with Crippen LogP contribution >= 0.6 is 0 Å². The minimum absolute atomic E-state index is 0.00416. The Bertz CT molecular complexity index is 1140. The van der Waals surface area contributed by atoms with Gasteiger partial charge in [-0.3, -0.25) is 0 Å². The fourth-order valence-electron chi connectivity index (χ4n) is 2.74. The van der Waals surface area contributed by atoms with Crippen LogP contribution in [0, 0.1) is 0 Å². The van der Waals surface area contributed by atoms with Crippen LogP contribution < -0.4 is 9.47 Å². The van der Waals surface area contributed by atoms with Crippen molar-refractivity contribution < 1.29 is 24.2 Å². The van der Waals surface area contributed by atoms with E-state index < -0.39 is 18.5 Å². The summed E-state index contributed by atoms with van der Waals surface area (Å²) in [6.07, 6.45) is 5.06. The largest absolute Gasteiger partial charge is 0.423 e. The highest BCUT2D eigenvalue weighted by Gasteiger charge is 2.08. The molecule has 0 saturated carbocycles. The third-order valence-electron chi connectivity index (χ3n) is 4.52. The number of hydrogen-bond acceptors (Lipinski definition) is 5. The average molecular weight is 426 g/mol. The zero-order valence-electron chi connectivity index (χ0n) is 17.4. The predicted octanol–water partition coefficient (Wildman–Crippen LogP) is 5.07. The molecule has 1 N–H and O–H groups in total. The first-order valence-electron chi connectivity index (χ1n) is 9.82. The first kappa shape index (κ1) is 22.5. The van der Waals surface area contributed by atoms with Crippen molar-refractivity contribution in [1.29, 1.82) is 0 Å². The van der Waals surface area contributed by atoms with Crippen molar-refractivity contribution in [3.05, 3.63) is 109 Å². The molecule has 0 fully saturated rings. The number of esters is 2. The van der Waals surface area contributed by atoms with Gasteiger partial charge in [0.1, 0.15) is 11.5 Å². The molecular formula is C27H22O5. The van der Waals surface area contributed by atoms with Crippen LogP contribution in [0.15, 0.2) is 97.6 Å². The summed E-state index contributed by atoms with van der Waals surface area (Å²) < 4.78 is 10.2. The molecule has 0 heterocycles. The fraction of sp³-hybridized carbons (Fsp3) is 0.0370. The maximum absolute atomic E-state index is 11.6. The van der Waals surface area contributed by atoms with Crippen molar-refractivity contribution in [3.63, 3.8) is 0 Å². The lowest BCUT2D eigenvalue weighted by Crippen LogP contribution is -2.12. The highest BCUT2D eigenvalue weighted by atomic mass is 16.5. The highest BCUT2D eigenvalue weighted by molar-refractivity contribution is 5.89. The van der Waals surface area contributed by atoms with E-state index in [2.05, 4.69) is 13.2 Å². The third-order valence-corrected chi connectivity index (χ3v) is 4.52. The molecular weight excluding hydrogens is 404 g/mol. The molecule has 0 saturated heterocycles. The molecule has 5 nitrogen and oxygen atoms in total. The number of hydrogen-bond donors (Lipinski definition) is 1. The zero-order chi connectivity index (χ0) is 22.9. The van der Waals surface area contributed by atoms with Crippen LogP contribution in [0.3, 0.4) is 0 Å². The van der Waals surface area contributed by atoms with Gasteiger partial charge in [-0.2, -0.15) is 0 Å². The zero-order valence-corrected chi connectivity index (χ0v) is 17.4. The fourth-order valence-corrected chi connectivity index (χ4v) is 2.74. The molecule has 3 aromatic rings. The Morgan fingerprint density at radius 3 is 1.69 bits per heavy atom. The van der Waals surface area contributed by atoms with Gasteiger partial charge >= 0.3 is 11.9 Å². The molecule has 3 rings (SSSR count). The monoisotopic (exact) mass is 426 g/mol. The number of ether oxygens (including phenoxy) is 2. The third kappa shape index (κ3) is 6.14. The molecule has 0 aliphatic carbocycles. The van der Waals surface area contributed by atoms with Crippen molar-refractivity contribution in [2.45, 2.75) is 0 Å². The summed E-state index contributed by atoms with van der Waals surface area (Å²) in [5, 5.41) is 8.91. The lowest BCUT2D eigenvalue weighted by molar-refractivity contribution is -0.131. The van der Waals surface area contributed by atoms with Crippen molar-refractivity contribution in [1.82, 2.24) is 0 Å². The lowest BCUT2D eigenvalue weighted by Gasteiger charge is -2.05. The van der Waals surface area contributed by atoms with Gasteiger partial charge in [-0.25, -0.2) is 9.59 Å². The summed E-state index contributed by atoms with van der Waals surface area (Å²) in [6.45, 7) is 6.38. The molecule has 0 radical (unpaired) electrons. The summed E-state index contributed by atoms with van der Waals surface area (Å²) in [4.78, 5) is 22.9. The summed E-state index contributed by atoms with van der Waals surface area (Å²) in [5.74, 6) is -0.283. The van der Waals surface area contributed by atoms with Gasteiger partial charge in [-0.05, 0) is 46.5 Å². The number of carbonyl (C=O) groups excluding carboxylic acids is 2. The first-order valence-corrected chi connectivity index (χ1v) is 9.82. The van der Waals surface area contributed by atoms with Gasteiger partial charge in [0.15, 0.2) is 0 Å². The molecule has 5 heteroatoms. The Morgan fingerprint density at radius 2 is 1.19 bits per heavy atom. The van der Waals surface area contributed by atoms with Gasteiger partial charge in [0.2, 0.25) is 0 Å². The van der Waals surface area contributed by atoms with Crippen LogP contribution in [0.5, 0.6) is 11.5 Å². The second kappa shape index (κ2) is 10.7. The van der Waals surface area contributed by atoms with Crippen LogP contribution in [0.1, 0.15) is 11.1 Å². The lowest BCUT2D eigenvalue weighted by atomic mass is 10.0.